The van der Waals surface area contributed by atoms with Crippen molar-refractivity contribution in [1.29, 1.82) is 0 Å². The van der Waals surface area contributed by atoms with Gasteiger partial charge < -0.3 is 19.9 Å². The Bertz CT molecular complexity index is 367. The molecular weight excluding hydrogens is 276 g/mol. The van der Waals surface area contributed by atoms with Crippen LogP contribution in [0.4, 0.5) is 4.79 Å². The average molecular weight is 302 g/mol. The number of rotatable bonds is 5. The van der Waals surface area contributed by atoms with Crippen molar-refractivity contribution in [2.45, 2.75) is 51.4 Å². The molecule has 0 bridgehead atoms. The SMILES string of the molecule is COC(=O)CN1C[C@@H](O)C[C@@H]1CCNC(=O)OC(C)(C)C. The molecule has 0 radical (unpaired) electrons. The number of aliphatic hydroxyl groups excluding tert-OH is 1. The van der Waals surface area contributed by atoms with Gasteiger partial charge in [-0.05, 0) is 33.6 Å². The first kappa shape index (κ1) is 17.7. The van der Waals surface area contributed by atoms with E-state index in [4.69, 9.17) is 4.74 Å². The molecule has 1 rings (SSSR count). The molecule has 1 aliphatic heterocycles. The first-order chi connectivity index (χ1) is 9.71. The van der Waals surface area contributed by atoms with Crippen molar-refractivity contribution in [2.75, 3.05) is 26.7 Å². The summed E-state index contributed by atoms with van der Waals surface area (Å²) in [5.74, 6) is -0.325. The molecule has 2 N–H and O–H groups in total. The Hall–Kier alpha value is -1.34. The summed E-state index contributed by atoms with van der Waals surface area (Å²) < 4.78 is 9.79. The molecule has 1 amide bonds. The van der Waals surface area contributed by atoms with Gasteiger partial charge in [0.1, 0.15) is 5.60 Å². The highest BCUT2D eigenvalue weighted by Crippen LogP contribution is 2.20. The van der Waals surface area contributed by atoms with E-state index in [-0.39, 0.29) is 18.6 Å². The second-order valence-corrected chi connectivity index (χ2v) is 6.27. The standard InChI is InChI=1S/C14H26N2O5/c1-14(2,3)21-13(19)15-6-5-10-7-11(17)8-16(10)9-12(18)20-4/h10-11,17H,5-9H2,1-4H3,(H,15,19)/t10-,11-/m0/s1. The Balaban J connectivity index is 2.35. The normalized spacial score (nSPS) is 22.9. The highest BCUT2D eigenvalue weighted by molar-refractivity contribution is 5.71. The van der Waals surface area contributed by atoms with Gasteiger partial charge >= 0.3 is 12.1 Å². The molecule has 7 heteroatoms. The minimum Gasteiger partial charge on any atom is -0.468 e. The number of carbonyl (C=O) groups excluding carboxylic acids is 2. The fourth-order valence-electron chi connectivity index (χ4n) is 2.34. The molecule has 0 spiro atoms. The number of esters is 1. The summed E-state index contributed by atoms with van der Waals surface area (Å²) in [7, 11) is 1.34. The van der Waals surface area contributed by atoms with E-state index in [9.17, 15) is 14.7 Å². The molecule has 0 aromatic heterocycles. The van der Waals surface area contributed by atoms with Gasteiger partial charge in [0.15, 0.2) is 0 Å². The number of ether oxygens (including phenoxy) is 2. The van der Waals surface area contributed by atoms with Crippen LogP contribution >= 0.6 is 0 Å². The minimum absolute atomic E-state index is 0.0500. The lowest BCUT2D eigenvalue weighted by Gasteiger charge is -2.23. The van der Waals surface area contributed by atoms with E-state index in [1.165, 1.54) is 7.11 Å². The van der Waals surface area contributed by atoms with Gasteiger partial charge in [-0.25, -0.2) is 4.79 Å². The molecule has 0 aromatic rings. The highest BCUT2D eigenvalue weighted by Gasteiger charge is 2.32. The van der Waals surface area contributed by atoms with E-state index in [1.54, 1.807) is 20.8 Å². The Labute approximate surface area is 125 Å². The number of methoxy groups -OCH3 is 1. The molecule has 0 unspecified atom stereocenters. The van der Waals surface area contributed by atoms with Crippen LogP contribution in [0.25, 0.3) is 0 Å². The van der Waals surface area contributed by atoms with Crippen LogP contribution in [0.15, 0.2) is 0 Å². The van der Waals surface area contributed by atoms with Gasteiger partial charge in [-0.3, -0.25) is 9.69 Å². The number of β-amino-alcohol motifs (C(OH)–C–C–N with tert-alkyl or cyclic N) is 1. The van der Waals surface area contributed by atoms with Gasteiger partial charge in [-0.15, -0.1) is 0 Å². The molecule has 1 aliphatic rings. The predicted molar refractivity (Wildman–Crippen MR) is 76.9 cm³/mol. The third-order valence-electron chi connectivity index (χ3n) is 3.21. The zero-order chi connectivity index (χ0) is 16.0. The van der Waals surface area contributed by atoms with E-state index < -0.39 is 17.8 Å². The first-order valence-corrected chi connectivity index (χ1v) is 7.17. The summed E-state index contributed by atoms with van der Waals surface area (Å²) in [6.45, 7) is 6.45. The Kier molecular flexibility index (Phi) is 6.42. The lowest BCUT2D eigenvalue weighted by atomic mass is 10.1. The van der Waals surface area contributed by atoms with E-state index in [0.29, 0.717) is 25.9 Å². The van der Waals surface area contributed by atoms with E-state index in [1.807, 2.05) is 4.90 Å². The number of nitrogens with one attached hydrogen (secondary N) is 1. The number of aliphatic hydroxyl groups is 1. The Morgan fingerprint density at radius 1 is 1.38 bits per heavy atom. The summed E-state index contributed by atoms with van der Waals surface area (Å²) in [5.41, 5.74) is -0.523. The molecule has 1 heterocycles. The van der Waals surface area contributed by atoms with Crippen molar-refractivity contribution in [3.8, 4) is 0 Å². The van der Waals surface area contributed by atoms with Gasteiger partial charge in [0.2, 0.25) is 0 Å². The molecule has 0 aliphatic carbocycles. The van der Waals surface area contributed by atoms with Gasteiger partial charge in [-0.1, -0.05) is 0 Å². The zero-order valence-electron chi connectivity index (χ0n) is 13.2. The van der Waals surface area contributed by atoms with Crippen molar-refractivity contribution >= 4 is 12.1 Å². The number of hydrogen-bond donors (Lipinski definition) is 2. The largest absolute Gasteiger partial charge is 0.468 e. The van der Waals surface area contributed by atoms with Crippen molar-refractivity contribution in [2.24, 2.45) is 0 Å². The predicted octanol–water partition coefficient (Wildman–Crippen LogP) is 0.509. The third-order valence-corrected chi connectivity index (χ3v) is 3.21. The monoisotopic (exact) mass is 302 g/mol. The first-order valence-electron chi connectivity index (χ1n) is 7.17. The zero-order valence-corrected chi connectivity index (χ0v) is 13.2. The fraction of sp³-hybridized carbons (Fsp3) is 0.857. The van der Waals surface area contributed by atoms with Crippen molar-refractivity contribution < 1.29 is 24.2 Å². The number of alkyl carbamates (subject to hydrolysis) is 1. The van der Waals surface area contributed by atoms with Gasteiger partial charge in [-0.2, -0.15) is 0 Å². The van der Waals surface area contributed by atoms with Crippen molar-refractivity contribution in [1.82, 2.24) is 10.2 Å². The molecule has 2 atom stereocenters. The van der Waals surface area contributed by atoms with Crippen molar-refractivity contribution in [3.05, 3.63) is 0 Å². The summed E-state index contributed by atoms with van der Waals surface area (Å²) >= 11 is 0. The maximum absolute atomic E-state index is 11.5. The van der Waals surface area contributed by atoms with Gasteiger partial charge in [0.05, 0.1) is 19.8 Å². The van der Waals surface area contributed by atoms with Gasteiger partial charge in [0, 0.05) is 19.1 Å². The molecule has 21 heavy (non-hydrogen) atoms. The van der Waals surface area contributed by atoms with Crippen LogP contribution < -0.4 is 5.32 Å². The number of hydrogen-bond acceptors (Lipinski definition) is 6. The Morgan fingerprint density at radius 2 is 2.05 bits per heavy atom. The fourth-order valence-corrected chi connectivity index (χ4v) is 2.34. The second-order valence-electron chi connectivity index (χ2n) is 6.27. The van der Waals surface area contributed by atoms with Crippen LogP contribution in [0.1, 0.15) is 33.6 Å². The van der Waals surface area contributed by atoms with Crippen molar-refractivity contribution in [3.63, 3.8) is 0 Å². The summed E-state index contributed by atoms with van der Waals surface area (Å²) in [6.07, 6.45) is 0.335. The third kappa shape index (κ3) is 6.77. The van der Waals surface area contributed by atoms with Crippen LogP contribution in [-0.2, 0) is 14.3 Å². The molecule has 7 nitrogen and oxygen atoms in total. The Morgan fingerprint density at radius 3 is 2.62 bits per heavy atom. The van der Waals surface area contributed by atoms with Gasteiger partial charge in [0.25, 0.3) is 0 Å². The lowest BCUT2D eigenvalue weighted by molar-refractivity contribution is -0.142. The lowest BCUT2D eigenvalue weighted by Crippen LogP contribution is -2.38. The van der Waals surface area contributed by atoms with Crippen LogP contribution in [0.2, 0.25) is 0 Å². The van der Waals surface area contributed by atoms with Crippen LogP contribution in [0.5, 0.6) is 0 Å². The van der Waals surface area contributed by atoms with Crippen LogP contribution in [-0.4, -0.2) is 66.6 Å². The summed E-state index contributed by atoms with van der Waals surface area (Å²) in [6, 6.07) is 0.0500. The molecular formula is C14H26N2O5. The topological polar surface area (TPSA) is 88.1 Å². The molecule has 0 aromatic carbocycles. The summed E-state index contributed by atoms with van der Waals surface area (Å²) in [4.78, 5) is 24.7. The van der Waals surface area contributed by atoms with E-state index in [2.05, 4.69) is 10.1 Å². The smallest absolute Gasteiger partial charge is 0.407 e. The highest BCUT2D eigenvalue weighted by atomic mass is 16.6. The number of nitrogens with zero attached hydrogens (tertiary/aromatic N) is 1. The average Bonchev–Trinajstić information content (AvgIpc) is 2.67. The second kappa shape index (κ2) is 7.61. The number of amides is 1. The quantitative estimate of drug-likeness (QED) is 0.719. The number of carbonyl (C=O) groups is 2. The maximum Gasteiger partial charge on any atom is 0.407 e. The molecule has 122 valence electrons. The number of likely N-dealkylation sites (tertiary alicyclic amines) is 1. The minimum atomic E-state index is -0.523. The van der Waals surface area contributed by atoms with E-state index >= 15 is 0 Å². The summed E-state index contributed by atoms with van der Waals surface area (Å²) in [5, 5.41) is 12.4. The molecule has 1 saturated heterocycles. The molecule has 0 saturated carbocycles. The van der Waals surface area contributed by atoms with Crippen LogP contribution in [0.3, 0.4) is 0 Å². The van der Waals surface area contributed by atoms with E-state index in [0.717, 1.165) is 0 Å². The van der Waals surface area contributed by atoms with Crippen LogP contribution in [0, 0.1) is 0 Å². The maximum atomic E-state index is 11.5. The molecule has 1 fully saturated rings.